The highest BCUT2D eigenvalue weighted by Crippen LogP contribution is 2.37. The Morgan fingerprint density at radius 3 is 2.28 bits per heavy atom. The molecule has 1 aliphatic carbocycles. The van der Waals surface area contributed by atoms with E-state index >= 15 is 0 Å². The lowest BCUT2D eigenvalue weighted by atomic mass is 9.84. The van der Waals surface area contributed by atoms with Crippen LogP contribution in [0.4, 0.5) is 0 Å². The fraction of sp³-hybridized carbons (Fsp3) is 0.517. The molecule has 1 fully saturated rings. The zero-order valence-electron chi connectivity index (χ0n) is 23.3. The van der Waals surface area contributed by atoms with Gasteiger partial charge in [-0.05, 0) is 55.2 Å². The largest absolute Gasteiger partial charge is 0.487 e. The molecule has 39 heavy (non-hydrogen) atoms. The third-order valence-electron chi connectivity index (χ3n) is 7.82. The lowest BCUT2D eigenvalue weighted by Gasteiger charge is -2.38. The number of carbonyl (C=O) groups excluding carboxylic acids is 2. The molecule has 10 heteroatoms. The average Bonchev–Trinajstić information content (AvgIpc) is 2.88. The number of hydrogen-bond acceptors (Lipinski definition) is 6. The number of aliphatic hydroxyl groups is 1. The monoisotopic (exact) mass is 557 g/mol. The molecule has 1 N–H and O–H groups in total. The van der Waals surface area contributed by atoms with Crippen molar-refractivity contribution in [2.24, 2.45) is 11.8 Å². The van der Waals surface area contributed by atoms with Gasteiger partial charge in [-0.25, -0.2) is 8.42 Å². The minimum absolute atomic E-state index is 0.0239. The molecular formula is C29H39N3O6S. The summed E-state index contributed by atoms with van der Waals surface area (Å²) >= 11 is 0. The van der Waals surface area contributed by atoms with Gasteiger partial charge in [-0.3, -0.25) is 9.59 Å². The maximum absolute atomic E-state index is 13.8. The second-order valence-corrected chi connectivity index (χ2v) is 12.9. The van der Waals surface area contributed by atoms with E-state index in [0.29, 0.717) is 12.1 Å². The third kappa shape index (κ3) is 5.97. The van der Waals surface area contributed by atoms with E-state index in [1.165, 1.54) is 15.3 Å². The second-order valence-electron chi connectivity index (χ2n) is 11.0. The van der Waals surface area contributed by atoms with E-state index in [0.717, 1.165) is 30.4 Å². The topological polar surface area (TPSA) is 107 Å². The van der Waals surface area contributed by atoms with Crippen molar-refractivity contribution < 1.29 is 27.9 Å². The van der Waals surface area contributed by atoms with Crippen molar-refractivity contribution in [3.63, 3.8) is 0 Å². The van der Waals surface area contributed by atoms with Crippen molar-refractivity contribution in [3.05, 3.63) is 48.0 Å². The van der Waals surface area contributed by atoms with Crippen LogP contribution in [0.5, 0.6) is 5.75 Å². The SMILES string of the molecule is C[C@H]1CN([C@@H](C)CO)S(=O)(=O)c2ccc(-c3ccc(C(=O)N(C)C)cc3)cc2O[C@@H]1CN(C)C(=O)C1CCC1. The molecule has 0 aromatic heterocycles. The van der Waals surface area contributed by atoms with Gasteiger partial charge < -0.3 is 19.6 Å². The zero-order chi connectivity index (χ0) is 28.5. The molecule has 9 nitrogen and oxygen atoms in total. The van der Waals surface area contributed by atoms with E-state index in [2.05, 4.69) is 0 Å². The number of amides is 2. The summed E-state index contributed by atoms with van der Waals surface area (Å²) in [5.41, 5.74) is 2.09. The fourth-order valence-electron chi connectivity index (χ4n) is 5.01. The molecule has 0 bridgehead atoms. The van der Waals surface area contributed by atoms with Crippen LogP contribution in [0.1, 0.15) is 43.5 Å². The van der Waals surface area contributed by atoms with Gasteiger partial charge in [0.2, 0.25) is 15.9 Å². The summed E-state index contributed by atoms with van der Waals surface area (Å²) in [7, 11) is 1.19. The minimum atomic E-state index is -3.97. The number of nitrogens with zero attached hydrogens (tertiary/aromatic N) is 3. The predicted molar refractivity (Wildman–Crippen MR) is 149 cm³/mol. The Labute approximate surface area is 231 Å². The summed E-state index contributed by atoms with van der Waals surface area (Å²) < 4.78 is 35.3. The number of ether oxygens (including phenoxy) is 1. The van der Waals surface area contributed by atoms with Crippen molar-refractivity contribution in [1.82, 2.24) is 14.1 Å². The molecule has 2 amide bonds. The molecule has 2 aromatic rings. The van der Waals surface area contributed by atoms with Gasteiger partial charge in [-0.15, -0.1) is 0 Å². The molecule has 2 aromatic carbocycles. The highest BCUT2D eigenvalue weighted by Gasteiger charge is 2.39. The van der Waals surface area contributed by atoms with Crippen LogP contribution in [0.25, 0.3) is 11.1 Å². The number of rotatable bonds is 7. The lowest BCUT2D eigenvalue weighted by molar-refractivity contribution is -0.138. The normalized spacial score (nSPS) is 21.9. The summed E-state index contributed by atoms with van der Waals surface area (Å²) in [4.78, 5) is 28.4. The number of carbonyl (C=O) groups is 2. The van der Waals surface area contributed by atoms with Crippen LogP contribution in [0.2, 0.25) is 0 Å². The predicted octanol–water partition coefficient (Wildman–Crippen LogP) is 3.08. The summed E-state index contributed by atoms with van der Waals surface area (Å²) in [6.45, 7) is 3.75. The summed E-state index contributed by atoms with van der Waals surface area (Å²) in [6.07, 6.45) is 2.40. The Kier molecular flexibility index (Phi) is 8.68. The van der Waals surface area contributed by atoms with E-state index in [9.17, 15) is 23.1 Å². The Morgan fingerprint density at radius 2 is 1.72 bits per heavy atom. The number of aliphatic hydroxyl groups excluding tert-OH is 1. The molecule has 212 valence electrons. The van der Waals surface area contributed by atoms with E-state index in [1.54, 1.807) is 57.2 Å². The number of benzene rings is 2. The van der Waals surface area contributed by atoms with Crippen LogP contribution < -0.4 is 4.74 Å². The highest BCUT2D eigenvalue weighted by atomic mass is 32.2. The minimum Gasteiger partial charge on any atom is -0.487 e. The molecule has 1 aliphatic heterocycles. The van der Waals surface area contributed by atoms with Crippen LogP contribution in [0.15, 0.2) is 47.4 Å². The molecule has 0 saturated heterocycles. The number of likely N-dealkylation sites (N-methyl/N-ethyl adjacent to an activating group) is 1. The maximum atomic E-state index is 13.8. The number of hydrogen-bond donors (Lipinski definition) is 1. The first-order valence-corrected chi connectivity index (χ1v) is 14.9. The van der Waals surface area contributed by atoms with Gasteiger partial charge in [0.25, 0.3) is 5.91 Å². The van der Waals surface area contributed by atoms with E-state index in [1.807, 2.05) is 19.1 Å². The third-order valence-corrected chi connectivity index (χ3v) is 9.84. The van der Waals surface area contributed by atoms with Gasteiger partial charge in [0.05, 0.1) is 13.2 Å². The molecular weight excluding hydrogens is 518 g/mol. The van der Waals surface area contributed by atoms with Crippen molar-refractivity contribution >= 4 is 21.8 Å². The van der Waals surface area contributed by atoms with Crippen LogP contribution in [-0.2, 0) is 14.8 Å². The Hall–Kier alpha value is -2.95. The van der Waals surface area contributed by atoms with Gasteiger partial charge in [-0.2, -0.15) is 4.31 Å². The summed E-state index contributed by atoms with van der Waals surface area (Å²) in [6, 6.07) is 11.5. The Balaban J connectivity index is 1.72. The summed E-state index contributed by atoms with van der Waals surface area (Å²) in [5, 5.41) is 9.87. The second kappa shape index (κ2) is 11.7. The molecule has 0 radical (unpaired) electrons. The van der Waals surface area contributed by atoms with Crippen LogP contribution in [0, 0.1) is 11.8 Å². The van der Waals surface area contributed by atoms with E-state index in [4.69, 9.17) is 4.74 Å². The van der Waals surface area contributed by atoms with Crippen molar-refractivity contribution in [2.75, 3.05) is 40.8 Å². The van der Waals surface area contributed by atoms with Gasteiger partial charge in [0.1, 0.15) is 16.7 Å². The van der Waals surface area contributed by atoms with Crippen LogP contribution in [-0.4, -0.2) is 92.4 Å². The average molecular weight is 558 g/mol. The van der Waals surface area contributed by atoms with Crippen molar-refractivity contribution in [1.29, 1.82) is 0 Å². The quantitative estimate of drug-likeness (QED) is 0.561. The first-order valence-electron chi connectivity index (χ1n) is 13.4. The van der Waals surface area contributed by atoms with Crippen LogP contribution in [0.3, 0.4) is 0 Å². The van der Waals surface area contributed by atoms with Crippen LogP contribution >= 0.6 is 0 Å². The molecule has 1 saturated carbocycles. The smallest absolute Gasteiger partial charge is 0.253 e. The molecule has 1 heterocycles. The van der Waals surface area contributed by atoms with Crippen molar-refractivity contribution in [3.8, 4) is 16.9 Å². The Bertz CT molecular complexity index is 1310. The fourth-order valence-corrected chi connectivity index (χ4v) is 6.84. The Morgan fingerprint density at radius 1 is 1.08 bits per heavy atom. The molecule has 0 unspecified atom stereocenters. The van der Waals surface area contributed by atoms with Gasteiger partial charge in [-0.1, -0.05) is 31.5 Å². The maximum Gasteiger partial charge on any atom is 0.253 e. The van der Waals surface area contributed by atoms with E-state index < -0.39 is 22.2 Å². The first-order chi connectivity index (χ1) is 18.4. The van der Waals surface area contributed by atoms with E-state index in [-0.39, 0.29) is 47.4 Å². The highest BCUT2D eigenvalue weighted by molar-refractivity contribution is 7.89. The standard InChI is InChI=1S/C29H39N3O6S/c1-19-16-32(20(2)18-33)39(36,37)27-14-13-24(21-9-11-23(12-10-21)28(34)30(3)4)15-25(27)38-26(19)17-31(5)29(35)22-7-6-8-22/h9-15,19-20,22,26,33H,6-8,16-18H2,1-5H3/t19-,20-,26+/m0/s1. The number of sulfonamides is 1. The molecule has 4 rings (SSSR count). The number of fused-ring (bicyclic) bond motifs is 1. The van der Waals surface area contributed by atoms with Gasteiger partial charge in [0, 0.05) is 51.1 Å². The molecule has 2 aliphatic rings. The molecule has 0 spiro atoms. The van der Waals surface area contributed by atoms with Crippen molar-refractivity contribution in [2.45, 2.75) is 50.2 Å². The molecule has 3 atom stereocenters. The lowest BCUT2D eigenvalue weighted by Crippen LogP contribution is -2.50. The zero-order valence-corrected chi connectivity index (χ0v) is 24.1. The first kappa shape index (κ1) is 29.0. The van der Waals surface area contributed by atoms with Gasteiger partial charge in [0.15, 0.2) is 0 Å². The summed E-state index contributed by atoms with van der Waals surface area (Å²) in [5.74, 6) is -0.0136. The van der Waals surface area contributed by atoms with Gasteiger partial charge >= 0.3 is 0 Å².